The lowest BCUT2D eigenvalue weighted by atomic mass is 10.1. The molecule has 0 unspecified atom stereocenters. The zero-order valence-electron chi connectivity index (χ0n) is 15.7. The summed E-state index contributed by atoms with van der Waals surface area (Å²) in [4.78, 5) is 37.4. The Morgan fingerprint density at radius 2 is 2.00 bits per heavy atom. The summed E-state index contributed by atoms with van der Waals surface area (Å²) in [6.45, 7) is 1.47. The van der Waals surface area contributed by atoms with Crippen molar-refractivity contribution in [3.63, 3.8) is 0 Å². The molecule has 0 atom stereocenters. The van der Waals surface area contributed by atoms with E-state index in [9.17, 15) is 14.4 Å². The molecule has 0 N–H and O–H groups in total. The first-order valence-electron chi connectivity index (χ1n) is 8.77. The van der Waals surface area contributed by atoms with Crippen LogP contribution in [0.15, 0.2) is 45.6 Å². The van der Waals surface area contributed by atoms with Crippen LogP contribution in [0.25, 0.3) is 11.0 Å². The highest BCUT2D eigenvalue weighted by molar-refractivity contribution is 6.32. The standard InChI is InChI=1S/C21H16ClNO6/c1-11-5-21(26)29-18-8-19(14(22)7-13(11)18)27-9-16(24)12-3-4-17-15(6-12)23(2)20(25)10-28-17/h3-8H,9-10H2,1-2H3. The Balaban J connectivity index is 1.57. The van der Waals surface area contributed by atoms with Crippen LogP contribution < -0.4 is 20.0 Å². The molecule has 0 saturated heterocycles. The number of amides is 1. The minimum Gasteiger partial charge on any atom is -0.484 e. The number of hydrogen-bond acceptors (Lipinski definition) is 6. The predicted octanol–water partition coefficient (Wildman–Crippen LogP) is 3.37. The van der Waals surface area contributed by atoms with Gasteiger partial charge in [0.25, 0.3) is 5.91 Å². The maximum atomic E-state index is 12.6. The van der Waals surface area contributed by atoms with Gasteiger partial charge in [-0.2, -0.15) is 0 Å². The molecule has 0 saturated carbocycles. The number of fused-ring (bicyclic) bond motifs is 2. The summed E-state index contributed by atoms with van der Waals surface area (Å²) >= 11 is 6.26. The van der Waals surface area contributed by atoms with Gasteiger partial charge in [-0.1, -0.05) is 11.6 Å². The quantitative estimate of drug-likeness (QED) is 0.481. The van der Waals surface area contributed by atoms with Gasteiger partial charge < -0.3 is 18.8 Å². The van der Waals surface area contributed by atoms with Gasteiger partial charge in [0, 0.05) is 30.1 Å². The molecule has 0 spiro atoms. The van der Waals surface area contributed by atoms with E-state index in [1.54, 1.807) is 38.2 Å². The van der Waals surface area contributed by atoms with Gasteiger partial charge in [-0.3, -0.25) is 9.59 Å². The molecule has 148 valence electrons. The number of rotatable bonds is 4. The van der Waals surface area contributed by atoms with Crippen LogP contribution in [0.1, 0.15) is 15.9 Å². The fourth-order valence-corrected chi connectivity index (χ4v) is 3.32. The van der Waals surface area contributed by atoms with Crippen molar-refractivity contribution >= 4 is 39.9 Å². The second-order valence-corrected chi connectivity index (χ2v) is 7.07. The van der Waals surface area contributed by atoms with Crippen LogP contribution in [0.2, 0.25) is 5.02 Å². The summed E-state index contributed by atoms with van der Waals surface area (Å²) in [7, 11) is 1.62. The van der Waals surface area contributed by atoms with E-state index in [2.05, 4.69) is 0 Å². The van der Waals surface area contributed by atoms with E-state index in [-0.39, 0.29) is 30.7 Å². The van der Waals surface area contributed by atoms with Crippen molar-refractivity contribution in [3.05, 3.63) is 63.0 Å². The molecule has 7 nitrogen and oxygen atoms in total. The number of benzene rings is 2. The molecule has 0 aliphatic carbocycles. The molecule has 1 aromatic heterocycles. The third-order valence-corrected chi connectivity index (χ3v) is 5.03. The molecule has 29 heavy (non-hydrogen) atoms. The topological polar surface area (TPSA) is 86.0 Å². The van der Waals surface area contributed by atoms with Gasteiger partial charge in [-0.05, 0) is 36.8 Å². The molecule has 4 rings (SSSR count). The van der Waals surface area contributed by atoms with Gasteiger partial charge in [-0.15, -0.1) is 0 Å². The highest BCUT2D eigenvalue weighted by Crippen LogP contribution is 2.33. The van der Waals surface area contributed by atoms with Gasteiger partial charge in [-0.25, -0.2) is 4.79 Å². The number of hydrogen-bond donors (Lipinski definition) is 0. The van der Waals surface area contributed by atoms with Gasteiger partial charge in [0.05, 0.1) is 10.7 Å². The molecule has 2 aromatic carbocycles. The Hall–Kier alpha value is -3.32. The fraction of sp³-hybridized carbons (Fsp3) is 0.190. The first kappa shape index (κ1) is 19.0. The number of aryl methyl sites for hydroxylation is 1. The molecule has 3 aromatic rings. The van der Waals surface area contributed by atoms with E-state index in [0.717, 1.165) is 5.56 Å². The molecule has 1 aliphatic rings. The van der Waals surface area contributed by atoms with E-state index >= 15 is 0 Å². The molecule has 8 heteroatoms. The second kappa shape index (κ2) is 7.25. The average Bonchev–Trinajstić information content (AvgIpc) is 2.69. The maximum absolute atomic E-state index is 12.6. The van der Waals surface area contributed by atoms with Crippen molar-refractivity contribution in [1.82, 2.24) is 0 Å². The van der Waals surface area contributed by atoms with Crippen LogP contribution >= 0.6 is 11.6 Å². The molecule has 1 aliphatic heterocycles. The summed E-state index contributed by atoms with van der Waals surface area (Å²) < 4.78 is 16.1. The summed E-state index contributed by atoms with van der Waals surface area (Å²) in [5.74, 6) is 0.265. The van der Waals surface area contributed by atoms with Crippen LogP contribution in [-0.2, 0) is 4.79 Å². The zero-order chi connectivity index (χ0) is 20.7. The van der Waals surface area contributed by atoms with E-state index in [1.807, 2.05) is 0 Å². The van der Waals surface area contributed by atoms with E-state index in [4.69, 9.17) is 25.5 Å². The number of likely N-dealkylation sites (N-methyl/N-ethyl adjacent to an activating group) is 1. The summed E-state index contributed by atoms with van der Waals surface area (Å²) in [6, 6.07) is 9.34. The van der Waals surface area contributed by atoms with Crippen LogP contribution in [0.4, 0.5) is 5.69 Å². The second-order valence-electron chi connectivity index (χ2n) is 6.66. The Morgan fingerprint density at radius 3 is 2.79 bits per heavy atom. The number of anilines is 1. The predicted molar refractivity (Wildman–Crippen MR) is 107 cm³/mol. The van der Waals surface area contributed by atoms with Gasteiger partial charge >= 0.3 is 5.63 Å². The zero-order valence-corrected chi connectivity index (χ0v) is 16.4. The third-order valence-electron chi connectivity index (χ3n) is 4.73. The highest BCUT2D eigenvalue weighted by atomic mass is 35.5. The number of ether oxygens (including phenoxy) is 2. The Bertz CT molecular complexity index is 1220. The Morgan fingerprint density at radius 1 is 1.21 bits per heavy atom. The van der Waals surface area contributed by atoms with E-state index in [0.29, 0.717) is 33.0 Å². The molecule has 0 bridgehead atoms. The molecule has 0 fully saturated rings. The van der Waals surface area contributed by atoms with Crippen LogP contribution in [0.5, 0.6) is 11.5 Å². The van der Waals surface area contributed by atoms with Crippen molar-refractivity contribution < 1.29 is 23.5 Å². The molecule has 1 amide bonds. The van der Waals surface area contributed by atoms with Crippen LogP contribution in [0.3, 0.4) is 0 Å². The van der Waals surface area contributed by atoms with Crippen LogP contribution in [-0.4, -0.2) is 32.0 Å². The summed E-state index contributed by atoms with van der Waals surface area (Å²) in [5.41, 5.74) is 1.47. The number of halogens is 1. The van der Waals surface area contributed by atoms with Crippen molar-refractivity contribution in [2.45, 2.75) is 6.92 Å². The average molecular weight is 414 g/mol. The first-order chi connectivity index (χ1) is 13.8. The SMILES string of the molecule is Cc1cc(=O)oc2cc(OCC(=O)c3ccc4c(c3)N(C)C(=O)CO4)c(Cl)cc12. The van der Waals surface area contributed by atoms with E-state index < -0.39 is 5.63 Å². The Labute approximate surface area is 170 Å². The Kier molecular flexibility index (Phi) is 4.76. The minimum atomic E-state index is -0.478. The van der Waals surface area contributed by atoms with Gasteiger partial charge in [0.1, 0.15) is 17.1 Å². The minimum absolute atomic E-state index is 0.0318. The third kappa shape index (κ3) is 3.56. The normalized spacial score (nSPS) is 13.2. The lowest BCUT2D eigenvalue weighted by molar-refractivity contribution is -0.120. The molecular formula is C21H16ClNO6. The smallest absolute Gasteiger partial charge is 0.336 e. The molecule has 0 radical (unpaired) electrons. The monoisotopic (exact) mass is 413 g/mol. The lowest BCUT2D eigenvalue weighted by Crippen LogP contribution is -2.35. The number of carbonyl (C=O) groups is 2. The summed E-state index contributed by atoms with van der Waals surface area (Å²) in [6.07, 6.45) is 0. The number of carbonyl (C=O) groups excluding carboxylic acids is 2. The van der Waals surface area contributed by atoms with Crippen molar-refractivity contribution in [2.24, 2.45) is 0 Å². The van der Waals surface area contributed by atoms with Crippen LogP contribution in [0, 0.1) is 6.92 Å². The fourth-order valence-electron chi connectivity index (χ4n) is 3.10. The van der Waals surface area contributed by atoms with Gasteiger partial charge in [0.15, 0.2) is 19.0 Å². The maximum Gasteiger partial charge on any atom is 0.336 e. The first-order valence-corrected chi connectivity index (χ1v) is 9.14. The van der Waals surface area contributed by atoms with Crippen molar-refractivity contribution in [2.75, 3.05) is 25.2 Å². The van der Waals surface area contributed by atoms with Crippen molar-refractivity contribution in [1.29, 1.82) is 0 Å². The molecule has 2 heterocycles. The number of ketones is 1. The lowest BCUT2D eigenvalue weighted by Gasteiger charge is -2.26. The van der Waals surface area contributed by atoms with E-state index in [1.165, 1.54) is 17.0 Å². The number of nitrogens with zero attached hydrogens (tertiary/aromatic N) is 1. The largest absolute Gasteiger partial charge is 0.484 e. The highest BCUT2D eigenvalue weighted by Gasteiger charge is 2.23. The van der Waals surface area contributed by atoms with Gasteiger partial charge in [0.2, 0.25) is 0 Å². The molecular weight excluding hydrogens is 398 g/mol. The number of Topliss-reactive ketones (excluding diaryl/α,β-unsaturated/α-hetero) is 1. The van der Waals surface area contributed by atoms with Crippen molar-refractivity contribution in [3.8, 4) is 11.5 Å². The summed E-state index contributed by atoms with van der Waals surface area (Å²) in [5, 5.41) is 0.988.